The van der Waals surface area contributed by atoms with E-state index in [1.165, 1.54) is 89.5 Å². The summed E-state index contributed by atoms with van der Waals surface area (Å²) in [5.74, 6) is 0.426. The standard InChI is InChI=1S/C69H62BN5/c1-44-31-33-67(5,6)55-40-58-62(39-52(44)55)74(59-30-28-49(66(2,3)4)36-53(59)45-19-11-9-12-20-45)64-38-51(37-63-65(64)70(58)57-25-17-18-26-61(57)73(63)50-22-13-10-14-23-50)75-60-29-27-47(48-41-71-43-72-42-48)35-56(60)68(7)34-32-46-21-15-16-24-54(46)69(68,75)8/h10-11,13-30,35-44H,31-34H2,1-8H3. The van der Waals surface area contributed by atoms with Crippen molar-refractivity contribution >= 4 is 74.2 Å². The van der Waals surface area contributed by atoms with Gasteiger partial charge in [0.05, 0.1) is 11.2 Å². The van der Waals surface area contributed by atoms with Crippen LogP contribution in [0.1, 0.15) is 120 Å². The molecule has 1 aromatic heterocycles. The Kier molecular flexibility index (Phi) is 9.94. The molecule has 0 amide bonds. The molecule has 3 unspecified atom stereocenters. The van der Waals surface area contributed by atoms with E-state index in [0.717, 1.165) is 53.8 Å². The lowest BCUT2D eigenvalue weighted by Crippen LogP contribution is -2.62. The Balaban J connectivity index is 1.13. The molecule has 0 spiro atoms. The molecule has 6 heteroatoms. The van der Waals surface area contributed by atoms with Crippen molar-refractivity contribution in [2.45, 2.75) is 109 Å². The molecule has 0 radical (unpaired) electrons. The molecule has 0 bridgehead atoms. The van der Waals surface area contributed by atoms with Crippen molar-refractivity contribution in [3.8, 4) is 11.1 Å². The van der Waals surface area contributed by atoms with Gasteiger partial charge in [-0.2, -0.15) is 0 Å². The number of benzene rings is 7. The third kappa shape index (κ3) is 6.59. The third-order valence-corrected chi connectivity index (χ3v) is 18.6. The van der Waals surface area contributed by atoms with Gasteiger partial charge in [0.15, 0.2) is 0 Å². The number of allylic oxidation sites excluding steroid dienone is 4. The normalized spacial score (nSPS) is 21.1. The summed E-state index contributed by atoms with van der Waals surface area (Å²) < 4.78 is 0. The van der Waals surface area contributed by atoms with E-state index in [-0.39, 0.29) is 23.0 Å². The van der Waals surface area contributed by atoms with Crippen LogP contribution in [-0.4, -0.2) is 16.7 Å². The topological polar surface area (TPSA) is 35.5 Å². The number of aromatic nitrogens is 2. The molecule has 0 fully saturated rings. The zero-order valence-electron chi connectivity index (χ0n) is 44.5. The monoisotopic (exact) mass is 972 g/mol. The number of anilines is 8. The van der Waals surface area contributed by atoms with Crippen LogP contribution in [0.25, 0.3) is 16.7 Å². The van der Waals surface area contributed by atoms with Crippen molar-refractivity contribution in [1.29, 1.82) is 0 Å². The van der Waals surface area contributed by atoms with Crippen molar-refractivity contribution < 1.29 is 0 Å². The highest BCUT2D eigenvalue weighted by molar-refractivity contribution is 7.00. The van der Waals surface area contributed by atoms with Gasteiger partial charge in [0, 0.05) is 68.7 Å². The quantitative estimate of drug-likeness (QED) is 0.127. The lowest BCUT2D eigenvalue weighted by Gasteiger charge is -2.52. The van der Waals surface area contributed by atoms with Gasteiger partial charge in [-0.05, 0) is 189 Å². The zero-order chi connectivity index (χ0) is 51.2. The first-order valence-electron chi connectivity index (χ1n) is 27.2. The molecule has 7 aromatic carbocycles. The van der Waals surface area contributed by atoms with E-state index < -0.39 is 5.54 Å². The number of aryl methyl sites for hydroxylation is 1. The van der Waals surface area contributed by atoms with Gasteiger partial charge in [0.25, 0.3) is 6.71 Å². The van der Waals surface area contributed by atoms with Crippen molar-refractivity contribution in [3.63, 3.8) is 0 Å². The molecule has 3 aliphatic heterocycles. The number of hydrogen-bond donors (Lipinski definition) is 0. The summed E-state index contributed by atoms with van der Waals surface area (Å²) in [7, 11) is 0. The first-order valence-corrected chi connectivity index (χ1v) is 27.2. The fourth-order valence-electron chi connectivity index (χ4n) is 14.4. The predicted molar refractivity (Wildman–Crippen MR) is 313 cm³/mol. The van der Waals surface area contributed by atoms with E-state index in [1.54, 1.807) is 6.33 Å². The fraction of sp³-hybridized carbons (Fsp3) is 0.246. The highest BCUT2D eigenvalue weighted by atomic mass is 15.3. The summed E-state index contributed by atoms with van der Waals surface area (Å²) >= 11 is 0. The van der Waals surface area contributed by atoms with E-state index in [1.807, 2.05) is 18.5 Å². The molecular weight excluding hydrogens is 910 g/mol. The maximum Gasteiger partial charge on any atom is 0.252 e. The van der Waals surface area contributed by atoms with Gasteiger partial charge in [-0.3, -0.25) is 0 Å². The van der Waals surface area contributed by atoms with Crippen LogP contribution in [0.2, 0.25) is 0 Å². The van der Waals surface area contributed by atoms with Gasteiger partial charge < -0.3 is 14.7 Å². The SMILES string of the molecule is CC1CCC(C)(C)c2cc3c(cc21)N(c1ccc(C(C)(C)C)cc1C1=CC=C=C=C1)c1cc(N2c4ccc(-c5cncnc5)cc4C4(C)CCc5ccccc5C24C)cc2c1B3c1ccccc1N2c1ccccc1. The van der Waals surface area contributed by atoms with Crippen LogP contribution in [0, 0.1) is 0 Å². The highest BCUT2D eigenvalue weighted by Gasteiger charge is 2.60. The van der Waals surface area contributed by atoms with Crippen LogP contribution in [0.4, 0.5) is 45.5 Å². The molecule has 6 aliphatic rings. The smallest absolute Gasteiger partial charge is 0.252 e. The lowest BCUT2D eigenvalue weighted by molar-refractivity contribution is 0.245. The van der Waals surface area contributed by atoms with Crippen LogP contribution in [0.15, 0.2) is 188 Å². The average molecular weight is 972 g/mol. The highest BCUT2D eigenvalue weighted by Crippen LogP contribution is 2.65. The Hall–Kier alpha value is -7.88. The van der Waals surface area contributed by atoms with Gasteiger partial charge in [0.2, 0.25) is 0 Å². The number of nitrogens with zero attached hydrogens (tertiary/aromatic N) is 5. The van der Waals surface area contributed by atoms with Gasteiger partial charge in [-0.15, -0.1) is 0 Å². The second-order valence-corrected chi connectivity index (χ2v) is 24.2. The summed E-state index contributed by atoms with van der Waals surface area (Å²) in [6, 6.07) is 54.4. The number of para-hydroxylation sites is 2. The molecule has 0 N–H and O–H groups in total. The van der Waals surface area contributed by atoms with E-state index in [0.29, 0.717) is 5.92 Å². The van der Waals surface area contributed by atoms with Crippen molar-refractivity contribution in [1.82, 2.24) is 9.97 Å². The largest absolute Gasteiger partial charge is 0.330 e. The Labute approximate surface area is 443 Å². The Morgan fingerprint density at radius 2 is 1.36 bits per heavy atom. The van der Waals surface area contributed by atoms with E-state index in [9.17, 15) is 0 Å². The molecule has 14 rings (SSSR count). The molecule has 0 saturated heterocycles. The van der Waals surface area contributed by atoms with Crippen LogP contribution < -0.4 is 31.1 Å². The van der Waals surface area contributed by atoms with E-state index in [2.05, 4.69) is 243 Å². The molecule has 3 atom stereocenters. The van der Waals surface area contributed by atoms with E-state index in [4.69, 9.17) is 0 Å². The minimum Gasteiger partial charge on any atom is -0.330 e. The fourth-order valence-corrected chi connectivity index (χ4v) is 14.4. The van der Waals surface area contributed by atoms with Crippen LogP contribution in [-0.2, 0) is 28.2 Å². The van der Waals surface area contributed by atoms with Gasteiger partial charge in [-0.1, -0.05) is 139 Å². The Morgan fingerprint density at radius 3 is 2.15 bits per heavy atom. The summed E-state index contributed by atoms with van der Waals surface area (Å²) in [5, 5.41) is 0. The first-order chi connectivity index (χ1) is 36.2. The summed E-state index contributed by atoms with van der Waals surface area (Å²) in [5.41, 5.74) is 32.3. The van der Waals surface area contributed by atoms with Gasteiger partial charge in [-0.25, -0.2) is 9.97 Å². The Morgan fingerprint density at radius 1 is 0.613 bits per heavy atom. The second kappa shape index (κ2) is 16.3. The second-order valence-electron chi connectivity index (χ2n) is 24.2. The third-order valence-electron chi connectivity index (χ3n) is 18.6. The predicted octanol–water partition coefficient (Wildman–Crippen LogP) is 15.2. The molecule has 366 valence electrons. The van der Waals surface area contributed by atoms with Crippen molar-refractivity contribution in [2.75, 3.05) is 14.7 Å². The van der Waals surface area contributed by atoms with Gasteiger partial charge in [0.1, 0.15) is 6.33 Å². The minimum atomic E-state index is -0.464. The molecule has 5 nitrogen and oxygen atoms in total. The Bertz CT molecular complexity index is 3850. The maximum absolute atomic E-state index is 4.47. The molecule has 4 heterocycles. The number of fused-ring (bicyclic) bond motifs is 10. The van der Waals surface area contributed by atoms with Crippen LogP contribution in [0.3, 0.4) is 0 Å². The van der Waals surface area contributed by atoms with Crippen LogP contribution >= 0.6 is 0 Å². The van der Waals surface area contributed by atoms with Crippen LogP contribution in [0.5, 0.6) is 0 Å². The molecule has 8 aromatic rings. The van der Waals surface area contributed by atoms with Crippen molar-refractivity contribution in [3.05, 3.63) is 227 Å². The van der Waals surface area contributed by atoms with Crippen molar-refractivity contribution in [2.24, 2.45) is 0 Å². The molecule has 3 aliphatic carbocycles. The summed E-state index contributed by atoms with van der Waals surface area (Å²) in [4.78, 5) is 16.9. The molecule has 75 heavy (non-hydrogen) atoms. The zero-order valence-corrected chi connectivity index (χ0v) is 44.5. The summed E-state index contributed by atoms with van der Waals surface area (Å²) in [6.07, 6.45) is 16.2. The number of rotatable bonds is 5. The first kappa shape index (κ1) is 45.7. The van der Waals surface area contributed by atoms with Gasteiger partial charge >= 0.3 is 0 Å². The lowest BCUT2D eigenvalue weighted by atomic mass is 9.33. The maximum atomic E-state index is 4.47. The van der Waals surface area contributed by atoms with E-state index >= 15 is 0 Å². The minimum absolute atomic E-state index is 0.0282. The molecule has 0 saturated carbocycles. The molecular formula is C69H62BN5. The number of hydrogen-bond acceptors (Lipinski definition) is 5. The average Bonchev–Trinajstić information content (AvgIpc) is 3.82. The summed E-state index contributed by atoms with van der Waals surface area (Å²) in [6.45, 7) is 19.4.